The van der Waals surface area contributed by atoms with Crippen molar-refractivity contribution in [2.75, 3.05) is 49.2 Å². The van der Waals surface area contributed by atoms with Crippen LogP contribution < -0.4 is 10.2 Å². The van der Waals surface area contributed by atoms with Gasteiger partial charge in [0.05, 0.1) is 21.8 Å². The monoisotopic (exact) mass is 491 g/mol. The van der Waals surface area contributed by atoms with Crippen LogP contribution >= 0.6 is 0 Å². The molecule has 1 aliphatic rings. The highest BCUT2D eigenvalue weighted by atomic mass is 32.2. The summed E-state index contributed by atoms with van der Waals surface area (Å²) in [4.78, 5) is 16.7. The normalized spacial score (nSPS) is 15.5. The molecule has 34 heavy (non-hydrogen) atoms. The Hall–Kier alpha value is -3.11. The first kappa shape index (κ1) is 24.0. The molecule has 180 valence electrons. The fourth-order valence-corrected chi connectivity index (χ4v) is 5.10. The minimum Gasteiger partial charge on any atom is -0.367 e. The number of amides is 1. The first-order valence-electron chi connectivity index (χ1n) is 10.7. The number of nitrogens with one attached hydrogen (secondary N) is 1. The third kappa shape index (κ3) is 5.34. The zero-order chi connectivity index (χ0) is 24.5. The smallest absolute Gasteiger partial charge is 0.367 e. The predicted octanol–water partition coefficient (Wildman–Crippen LogP) is 4.02. The molecule has 1 fully saturated rings. The van der Waals surface area contributed by atoms with Crippen LogP contribution in [0.2, 0.25) is 0 Å². The van der Waals surface area contributed by atoms with E-state index in [-0.39, 0.29) is 10.6 Å². The Balaban J connectivity index is 1.59. The van der Waals surface area contributed by atoms with Gasteiger partial charge in [-0.15, -0.1) is 0 Å². The maximum Gasteiger partial charge on any atom is 0.416 e. The molecule has 0 atom stereocenters. The minimum atomic E-state index is -4.60. The average molecular weight is 492 g/mol. The first-order valence-corrected chi connectivity index (χ1v) is 12.3. The fraction of sp³-hybridized carbons (Fsp3) is 0.292. The third-order valence-corrected chi connectivity index (χ3v) is 7.46. The van der Waals surface area contributed by atoms with Gasteiger partial charge in [0.2, 0.25) is 5.91 Å². The molecule has 1 amide bonds. The van der Waals surface area contributed by atoms with Gasteiger partial charge in [0.25, 0.3) is 0 Å². The summed E-state index contributed by atoms with van der Waals surface area (Å²) >= 11 is 0. The number of hydrogen-bond donors (Lipinski definition) is 1. The highest BCUT2D eigenvalue weighted by Crippen LogP contribution is 2.36. The van der Waals surface area contributed by atoms with E-state index in [0.717, 1.165) is 17.5 Å². The van der Waals surface area contributed by atoms with Crippen molar-refractivity contribution in [3.63, 3.8) is 0 Å². The summed E-state index contributed by atoms with van der Waals surface area (Å²) in [6, 6.07) is 14.9. The number of sulfone groups is 1. The fourth-order valence-electron chi connectivity index (χ4n) is 3.94. The number of rotatable bonds is 5. The van der Waals surface area contributed by atoms with Crippen LogP contribution in [0.1, 0.15) is 5.56 Å². The lowest BCUT2D eigenvalue weighted by Crippen LogP contribution is -2.44. The maximum absolute atomic E-state index is 13.3. The van der Waals surface area contributed by atoms with Crippen molar-refractivity contribution in [2.24, 2.45) is 0 Å². The second kappa shape index (κ2) is 9.27. The molecule has 0 saturated carbocycles. The van der Waals surface area contributed by atoms with Crippen LogP contribution in [0, 0.1) is 0 Å². The number of hydrogen-bond acceptors (Lipinski definition) is 5. The quantitative estimate of drug-likeness (QED) is 0.584. The molecule has 0 aromatic heterocycles. The molecule has 3 aromatic rings. The van der Waals surface area contributed by atoms with Gasteiger partial charge in [-0.1, -0.05) is 30.3 Å². The van der Waals surface area contributed by atoms with Gasteiger partial charge in [-0.3, -0.25) is 4.79 Å². The zero-order valence-electron chi connectivity index (χ0n) is 18.5. The molecule has 1 aliphatic heterocycles. The van der Waals surface area contributed by atoms with Crippen molar-refractivity contribution < 1.29 is 26.4 Å². The summed E-state index contributed by atoms with van der Waals surface area (Å²) in [5, 5.41) is 3.98. The number of carbonyl (C=O) groups is 1. The molecule has 1 N–H and O–H groups in total. The van der Waals surface area contributed by atoms with Crippen molar-refractivity contribution in [1.29, 1.82) is 0 Å². The predicted molar refractivity (Wildman–Crippen MR) is 126 cm³/mol. The number of anilines is 2. The molecule has 0 unspecified atom stereocenters. The molecule has 0 bridgehead atoms. The molecule has 3 aromatic carbocycles. The van der Waals surface area contributed by atoms with Crippen LogP contribution in [-0.2, 0) is 20.8 Å². The molecule has 10 heteroatoms. The van der Waals surface area contributed by atoms with Crippen molar-refractivity contribution in [3.05, 3.63) is 66.2 Å². The van der Waals surface area contributed by atoms with Gasteiger partial charge in [0.1, 0.15) is 5.75 Å². The SMILES string of the molecule is CN1CCN(c2ccc(C(F)(F)F)cc2NC(=O)CS(=O)(=O)c2ccc3ccccc3c2)CC1. The van der Waals surface area contributed by atoms with Crippen molar-refractivity contribution in [3.8, 4) is 0 Å². The van der Waals surface area contributed by atoms with Gasteiger partial charge in [0.15, 0.2) is 9.84 Å². The Labute approximate surface area is 195 Å². The van der Waals surface area contributed by atoms with E-state index in [1.807, 2.05) is 24.1 Å². The topological polar surface area (TPSA) is 69.7 Å². The van der Waals surface area contributed by atoms with E-state index in [4.69, 9.17) is 0 Å². The summed E-state index contributed by atoms with van der Waals surface area (Å²) in [6.45, 7) is 2.57. The number of halogens is 3. The molecule has 0 radical (unpaired) electrons. The second-order valence-corrected chi connectivity index (χ2v) is 10.3. The van der Waals surface area contributed by atoms with Crippen molar-refractivity contribution in [2.45, 2.75) is 11.1 Å². The van der Waals surface area contributed by atoms with Crippen LogP contribution in [0.25, 0.3) is 10.8 Å². The molecular weight excluding hydrogens is 467 g/mol. The lowest BCUT2D eigenvalue weighted by Gasteiger charge is -2.35. The van der Waals surface area contributed by atoms with E-state index < -0.39 is 33.2 Å². The van der Waals surface area contributed by atoms with E-state index in [9.17, 15) is 26.4 Å². The molecule has 6 nitrogen and oxygen atoms in total. The Morgan fingerprint density at radius 3 is 2.29 bits per heavy atom. The third-order valence-electron chi connectivity index (χ3n) is 5.84. The molecule has 0 spiro atoms. The standard InChI is InChI=1S/C24H24F3N3O3S/c1-29-10-12-30(13-11-29)22-9-7-19(24(25,26)27)15-21(22)28-23(31)16-34(32,33)20-8-6-17-4-2-3-5-18(17)14-20/h2-9,14-15H,10-13,16H2,1H3,(H,28,31). The van der Waals surface area contributed by atoms with Gasteiger partial charge >= 0.3 is 6.18 Å². The van der Waals surface area contributed by atoms with Gasteiger partial charge in [-0.2, -0.15) is 13.2 Å². The number of benzene rings is 3. The summed E-state index contributed by atoms with van der Waals surface area (Å²) in [5.74, 6) is -1.79. The summed E-state index contributed by atoms with van der Waals surface area (Å²) < 4.78 is 65.7. The van der Waals surface area contributed by atoms with Gasteiger partial charge in [-0.05, 0) is 48.2 Å². The Kier molecular flexibility index (Phi) is 6.55. The van der Waals surface area contributed by atoms with E-state index in [2.05, 4.69) is 10.2 Å². The molecule has 0 aliphatic carbocycles. The first-order chi connectivity index (χ1) is 16.0. The Morgan fingerprint density at radius 1 is 0.941 bits per heavy atom. The molecule has 1 saturated heterocycles. The number of alkyl halides is 3. The van der Waals surface area contributed by atoms with Crippen LogP contribution in [0.5, 0.6) is 0 Å². The summed E-state index contributed by atoms with van der Waals surface area (Å²) in [7, 11) is -2.06. The van der Waals surface area contributed by atoms with E-state index >= 15 is 0 Å². The highest BCUT2D eigenvalue weighted by Gasteiger charge is 2.32. The average Bonchev–Trinajstić information content (AvgIpc) is 2.78. The van der Waals surface area contributed by atoms with Crippen LogP contribution in [0.3, 0.4) is 0 Å². The van der Waals surface area contributed by atoms with Gasteiger partial charge in [-0.25, -0.2) is 8.42 Å². The number of likely N-dealkylation sites (N-methyl/N-ethyl adjacent to an activating group) is 1. The van der Waals surface area contributed by atoms with Crippen molar-refractivity contribution in [1.82, 2.24) is 4.90 Å². The maximum atomic E-state index is 13.3. The van der Waals surface area contributed by atoms with Crippen LogP contribution in [-0.4, -0.2) is 58.2 Å². The van der Waals surface area contributed by atoms with E-state index in [0.29, 0.717) is 37.3 Å². The Bertz CT molecular complexity index is 1320. The van der Waals surface area contributed by atoms with E-state index in [1.165, 1.54) is 18.2 Å². The lowest BCUT2D eigenvalue weighted by atomic mass is 10.1. The molecular formula is C24H24F3N3O3S. The zero-order valence-corrected chi connectivity index (χ0v) is 19.3. The largest absolute Gasteiger partial charge is 0.416 e. The van der Waals surface area contributed by atoms with Gasteiger partial charge < -0.3 is 15.1 Å². The van der Waals surface area contributed by atoms with Crippen molar-refractivity contribution >= 4 is 37.9 Å². The molecule has 1 heterocycles. The van der Waals surface area contributed by atoms with Crippen LogP contribution in [0.15, 0.2) is 65.6 Å². The lowest BCUT2D eigenvalue weighted by molar-refractivity contribution is -0.137. The summed E-state index contributed by atoms with van der Waals surface area (Å²) in [5.41, 5.74) is -0.547. The number of fused-ring (bicyclic) bond motifs is 1. The van der Waals surface area contributed by atoms with Crippen LogP contribution in [0.4, 0.5) is 24.5 Å². The number of piperazine rings is 1. The Morgan fingerprint density at radius 2 is 1.62 bits per heavy atom. The number of nitrogens with zero attached hydrogens (tertiary/aromatic N) is 2. The summed E-state index contributed by atoms with van der Waals surface area (Å²) in [6.07, 6.45) is -4.60. The van der Waals surface area contributed by atoms with Gasteiger partial charge in [0, 0.05) is 26.2 Å². The molecule has 4 rings (SSSR count). The highest BCUT2D eigenvalue weighted by molar-refractivity contribution is 7.92. The minimum absolute atomic E-state index is 0.0234. The van der Waals surface area contributed by atoms with E-state index in [1.54, 1.807) is 18.2 Å². The second-order valence-electron chi connectivity index (χ2n) is 8.34. The number of carbonyl (C=O) groups excluding carboxylic acids is 1.